The summed E-state index contributed by atoms with van der Waals surface area (Å²) in [6, 6.07) is 6.31. The van der Waals surface area contributed by atoms with Crippen LogP contribution in [0.3, 0.4) is 0 Å². The van der Waals surface area contributed by atoms with E-state index in [-0.39, 0.29) is 12.1 Å². The Morgan fingerprint density at radius 3 is 2.68 bits per heavy atom. The van der Waals surface area contributed by atoms with Gasteiger partial charge in [0.15, 0.2) is 0 Å². The molecule has 1 fully saturated rings. The summed E-state index contributed by atoms with van der Waals surface area (Å²) in [5, 5.41) is 2.96. The van der Waals surface area contributed by atoms with E-state index in [1.54, 1.807) is 0 Å². The third-order valence-electron chi connectivity index (χ3n) is 4.94. The minimum atomic E-state index is -0.489. The van der Waals surface area contributed by atoms with E-state index in [1.165, 1.54) is 24.0 Å². The van der Waals surface area contributed by atoms with Crippen LogP contribution in [0.5, 0.6) is 5.75 Å². The SMILES string of the molecule is CN1CCC(c2cccc3c2C[C@H](NC(=O)OC(C)(C)C)CO3)CC1. The second-order valence-electron chi connectivity index (χ2n) is 8.26. The van der Waals surface area contributed by atoms with E-state index in [4.69, 9.17) is 9.47 Å². The van der Waals surface area contributed by atoms with E-state index in [2.05, 4.69) is 29.4 Å². The number of rotatable bonds is 2. The number of hydrogen-bond acceptors (Lipinski definition) is 4. The van der Waals surface area contributed by atoms with Crippen molar-refractivity contribution in [2.45, 2.75) is 57.6 Å². The normalized spacial score (nSPS) is 22.0. The molecule has 0 aliphatic carbocycles. The summed E-state index contributed by atoms with van der Waals surface area (Å²) in [7, 11) is 2.18. The van der Waals surface area contributed by atoms with Gasteiger partial charge in [0.25, 0.3) is 0 Å². The Balaban J connectivity index is 1.70. The molecule has 1 aromatic rings. The van der Waals surface area contributed by atoms with Crippen LogP contribution in [0.25, 0.3) is 0 Å². The Morgan fingerprint density at radius 1 is 1.28 bits per heavy atom. The molecule has 2 aliphatic heterocycles. The van der Waals surface area contributed by atoms with Crippen molar-refractivity contribution in [2.75, 3.05) is 26.7 Å². The molecular weight excluding hydrogens is 316 g/mol. The number of piperidine rings is 1. The summed E-state index contributed by atoms with van der Waals surface area (Å²) < 4.78 is 11.3. The minimum Gasteiger partial charge on any atom is -0.491 e. The van der Waals surface area contributed by atoms with Crippen LogP contribution in [-0.4, -0.2) is 49.4 Å². The zero-order valence-corrected chi connectivity index (χ0v) is 15.8. The van der Waals surface area contributed by atoms with Crippen molar-refractivity contribution in [3.8, 4) is 5.75 Å². The Hall–Kier alpha value is -1.75. The van der Waals surface area contributed by atoms with Gasteiger partial charge in [0.2, 0.25) is 0 Å². The molecule has 0 spiro atoms. The van der Waals surface area contributed by atoms with Crippen LogP contribution >= 0.6 is 0 Å². The summed E-state index contributed by atoms with van der Waals surface area (Å²) in [5.74, 6) is 1.55. The number of nitrogens with zero attached hydrogens (tertiary/aromatic N) is 1. The van der Waals surface area contributed by atoms with Gasteiger partial charge in [-0.1, -0.05) is 12.1 Å². The molecule has 1 atom stereocenters. The molecule has 1 N–H and O–H groups in total. The van der Waals surface area contributed by atoms with E-state index in [9.17, 15) is 4.79 Å². The molecule has 0 unspecified atom stereocenters. The third-order valence-corrected chi connectivity index (χ3v) is 4.94. The van der Waals surface area contributed by atoms with Gasteiger partial charge in [0.1, 0.15) is 18.0 Å². The average molecular weight is 346 g/mol. The van der Waals surface area contributed by atoms with Crippen molar-refractivity contribution < 1.29 is 14.3 Å². The van der Waals surface area contributed by atoms with Crippen LogP contribution in [0.2, 0.25) is 0 Å². The zero-order chi connectivity index (χ0) is 18.0. The van der Waals surface area contributed by atoms with Crippen molar-refractivity contribution >= 4 is 6.09 Å². The summed E-state index contributed by atoms with van der Waals surface area (Å²) >= 11 is 0. The van der Waals surface area contributed by atoms with E-state index in [1.807, 2.05) is 26.8 Å². The minimum absolute atomic E-state index is 0.0465. The quantitative estimate of drug-likeness (QED) is 0.892. The molecule has 0 bridgehead atoms. The Labute approximate surface area is 150 Å². The van der Waals surface area contributed by atoms with Crippen molar-refractivity contribution in [1.29, 1.82) is 0 Å². The second-order valence-corrected chi connectivity index (χ2v) is 8.26. The lowest BCUT2D eigenvalue weighted by Gasteiger charge is -2.33. The number of fused-ring (bicyclic) bond motifs is 1. The fourth-order valence-electron chi connectivity index (χ4n) is 3.70. The van der Waals surface area contributed by atoms with Crippen LogP contribution in [0, 0.1) is 0 Å². The van der Waals surface area contributed by atoms with Gasteiger partial charge in [-0.2, -0.15) is 0 Å². The summed E-state index contributed by atoms with van der Waals surface area (Å²) in [6.07, 6.45) is 2.78. The maximum atomic E-state index is 12.1. The van der Waals surface area contributed by atoms with Crippen LogP contribution in [0.15, 0.2) is 18.2 Å². The maximum absolute atomic E-state index is 12.1. The standard InChI is InChI=1S/C20H30N2O3/c1-20(2,3)25-19(23)21-15-12-17-16(6-5-7-18(17)24-13-15)14-8-10-22(4)11-9-14/h5-7,14-15H,8-13H2,1-4H3,(H,21,23)/t15-/m0/s1. The largest absolute Gasteiger partial charge is 0.491 e. The lowest BCUT2D eigenvalue weighted by Crippen LogP contribution is -2.45. The molecular formula is C20H30N2O3. The van der Waals surface area contributed by atoms with Crippen LogP contribution in [0.1, 0.15) is 50.7 Å². The molecule has 2 aliphatic rings. The van der Waals surface area contributed by atoms with Crippen molar-refractivity contribution in [1.82, 2.24) is 10.2 Å². The van der Waals surface area contributed by atoms with Crippen molar-refractivity contribution in [3.63, 3.8) is 0 Å². The fourth-order valence-corrected chi connectivity index (χ4v) is 3.70. The molecule has 5 heteroatoms. The van der Waals surface area contributed by atoms with E-state index in [0.29, 0.717) is 12.5 Å². The van der Waals surface area contributed by atoms with E-state index < -0.39 is 5.60 Å². The molecule has 2 heterocycles. The van der Waals surface area contributed by atoms with Gasteiger partial charge in [-0.3, -0.25) is 0 Å². The molecule has 138 valence electrons. The molecule has 1 aromatic carbocycles. The van der Waals surface area contributed by atoms with E-state index in [0.717, 1.165) is 25.3 Å². The molecule has 0 radical (unpaired) electrons. The highest BCUT2D eigenvalue weighted by Crippen LogP contribution is 2.36. The first-order valence-corrected chi connectivity index (χ1v) is 9.24. The molecule has 25 heavy (non-hydrogen) atoms. The predicted octanol–water partition coefficient (Wildman–Crippen LogP) is 3.32. The smallest absolute Gasteiger partial charge is 0.408 e. The highest BCUT2D eigenvalue weighted by atomic mass is 16.6. The Bertz CT molecular complexity index is 616. The van der Waals surface area contributed by atoms with Gasteiger partial charge in [-0.25, -0.2) is 4.79 Å². The number of benzene rings is 1. The number of ether oxygens (including phenoxy) is 2. The summed E-state index contributed by atoms with van der Waals surface area (Å²) in [6.45, 7) is 8.37. The average Bonchev–Trinajstić information content (AvgIpc) is 2.53. The third kappa shape index (κ3) is 4.66. The topological polar surface area (TPSA) is 50.8 Å². The molecule has 0 saturated carbocycles. The Kier molecular flexibility index (Phi) is 5.23. The van der Waals surface area contributed by atoms with Crippen molar-refractivity contribution in [3.05, 3.63) is 29.3 Å². The van der Waals surface area contributed by atoms with Gasteiger partial charge >= 0.3 is 6.09 Å². The molecule has 0 aromatic heterocycles. The molecule has 1 saturated heterocycles. The number of amides is 1. The Morgan fingerprint density at radius 2 is 2.00 bits per heavy atom. The monoisotopic (exact) mass is 346 g/mol. The lowest BCUT2D eigenvalue weighted by atomic mass is 9.84. The zero-order valence-electron chi connectivity index (χ0n) is 15.8. The first kappa shape index (κ1) is 18.1. The van der Waals surface area contributed by atoms with E-state index >= 15 is 0 Å². The maximum Gasteiger partial charge on any atom is 0.408 e. The fraction of sp³-hybridized carbons (Fsp3) is 0.650. The number of likely N-dealkylation sites (tertiary alicyclic amines) is 1. The van der Waals surface area contributed by atoms with Gasteiger partial charge in [0.05, 0.1) is 6.04 Å². The van der Waals surface area contributed by atoms with Crippen molar-refractivity contribution in [2.24, 2.45) is 0 Å². The van der Waals surface area contributed by atoms with Gasteiger partial charge in [-0.15, -0.1) is 0 Å². The number of nitrogens with one attached hydrogen (secondary N) is 1. The highest BCUT2D eigenvalue weighted by molar-refractivity contribution is 5.68. The van der Waals surface area contributed by atoms with Crippen LogP contribution in [-0.2, 0) is 11.2 Å². The highest BCUT2D eigenvalue weighted by Gasteiger charge is 2.28. The molecule has 5 nitrogen and oxygen atoms in total. The number of carbonyl (C=O) groups excluding carboxylic acids is 1. The number of carbonyl (C=O) groups is 1. The lowest BCUT2D eigenvalue weighted by molar-refractivity contribution is 0.0481. The second kappa shape index (κ2) is 7.24. The summed E-state index contributed by atoms with van der Waals surface area (Å²) in [4.78, 5) is 14.5. The molecule has 1 amide bonds. The first-order valence-electron chi connectivity index (χ1n) is 9.24. The van der Waals surface area contributed by atoms with Gasteiger partial charge in [-0.05, 0) is 83.3 Å². The number of hydrogen-bond donors (Lipinski definition) is 1. The molecule has 3 rings (SSSR count). The predicted molar refractivity (Wildman–Crippen MR) is 98.3 cm³/mol. The summed E-state index contributed by atoms with van der Waals surface area (Å²) in [5.41, 5.74) is 2.15. The first-order chi connectivity index (χ1) is 11.8. The van der Waals surface area contributed by atoms with Gasteiger partial charge < -0.3 is 19.7 Å². The van der Waals surface area contributed by atoms with Crippen LogP contribution < -0.4 is 10.1 Å². The number of alkyl carbamates (subject to hydrolysis) is 1. The van der Waals surface area contributed by atoms with Gasteiger partial charge in [0, 0.05) is 0 Å². The van der Waals surface area contributed by atoms with Crippen LogP contribution in [0.4, 0.5) is 4.79 Å².